The van der Waals surface area contributed by atoms with Gasteiger partial charge < -0.3 is 5.32 Å². The van der Waals surface area contributed by atoms with E-state index in [0.29, 0.717) is 0 Å². The Morgan fingerprint density at radius 1 is 0.815 bits per heavy atom. The normalized spacial score (nSPS) is 13.4. The topological polar surface area (TPSA) is 12.0 Å². The lowest BCUT2D eigenvalue weighted by molar-refractivity contribution is 0.339. The van der Waals surface area contributed by atoms with Gasteiger partial charge in [0.2, 0.25) is 0 Å². The summed E-state index contributed by atoms with van der Waals surface area (Å²) in [6.07, 6.45) is 8.11. The van der Waals surface area contributed by atoms with Gasteiger partial charge in [0.05, 0.1) is 0 Å². The minimum atomic E-state index is 0.771. The molecule has 0 amide bonds. The second-order valence-corrected chi connectivity index (χ2v) is 8.36. The highest BCUT2D eigenvalue weighted by molar-refractivity contribution is 5.78. The fraction of sp³-hybridized carbons (Fsp3) is 0.538. The van der Waals surface area contributed by atoms with Crippen LogP contribution < -0.4 is 5.32 Å². The first-order valence-corrected chi connectivity index (χ1v) is 10.9. The smallest absolute Gasteiger partial charge is 0.0419 e. The number of benzene rings is 2. The minimum Gasteiger partial charge on any atom is -0.385 e. The van der Waals surface area contributed by atoms with E-state index in [2.05, 4.69) is 82.4 Å². The number of aryl methyl sites for hydroxylation is 2. The summed E-state index contributed by atoms with van der Waals surface area (Å²) in [6, 6.07) is 15.5. The molecule has 0 radical (unpaired) electrons. The minimum absolute atomic E-state index is 0.771. The van der Waals surface area contributed by atoms with Crippen LogP contribution in [0.2, 0.25) is 0 Å². The summed E-state index contributed by atoms with van der Waals surface area (Å²) >= 11 is 0. The molecule has 0 fully saturated rings. The van der Waals surface area contributed by atoms with Crippen molar-refractivity contribution in [2.24, 2.45) is 11.8 Å². The summed E-state index contributed by atoms with van der Waals surface area (Å²) in [7, 11) is 0. The van der Waals surface area contributed by atoms with Crippen molar-refractivity contribution in [1.29, 1.82) is 0 Å². The summed E-state index contributed by atoms with van der Waals surface area (Å²) in [5.74, 6) is 1.59. The maximum atomic E-state index is 3.71. The maximum Gasteiger partial charge on any atom is 0.0419 e. The van der Waals surface area contributed by atoms with Crippen molar-refractivity contribution in [2.45, 2.75) is 73.1 Å². The zero-order chi connectivity index (χ0) is 19.6. The third kappa shape index (κ3) is 6.72. The van der Waals surface area contributed by atoms with Gasteiger partial charge in [0.15, 0.2) is 0 Å². The van der Waals surface area contributed by atoms with Crippen molar-refractivity contribution in [3.05, 3.63) is 53.6 Å². The zero-order valence-electron chi connectivity index (χ0n) is 18.1. The van der Waals surface area contributed by atoms with Gasteiger partial charge in [-0.2, -0.15) is 0 Å². The molecule has 148 valence electrons. The molecule has 0 aliphatic rings. The molecule has 2 aromatic rings. The van der Waals surface area contributed by atoms with E-state index in [1.54, 1.807) is 0 Å². The van der Waals surface area contributed by atoms with Gasteiger partial charge in [0, 0.05) is 17.8 Å². The molecule has 0 aliphatic heterocycles. The predicted octanol–water partition coefficient (Wildman–Crippen LogP) is 8.02. The first-order chi connectivity index (χ1) is 13.0. The molecular weight excluding hydrogens is 326 g/mol. The zero-order valence-corrected chi connectivity index (χ0v) is 18.1. The van der Waals surface area contributed by atoms with E-state index in [9.17, 15) is 0 Å². The first kappa shape index (κ1) is 21.5. The number of hydrogen-bond donors (Lipinski definition) is 1. The van der Waals surface area contributed by atoms with Gasteiger partial charge in [-0.3, -0.25) is 0 Å². The Hall–Kier alpha value is -1.76. The van der Waals surface area contributed by atoms with Crippen molar-refractivity contribution in [3.63, 3.8) is 0 Å². The summed E-state index contributed by atoms with van der Waals surface area (Å²) in [5.41, 5.74) is 6.57. The van der Waals surface area contributed by atoms with Crippen LogP contribution in [0.5, 0.6) is 0 Å². The highest BCUT2D eigenvalue weighted by Gasteiger charge is 2.12. The second-order valence-electron chi connectivity index (χ2n) is 8.36. The Kier molecular flexibility index (Phi) is 8.91. The number of para-hydroxylation sites is 1. The lowest BCUT2D eigenvalue weighted by Gasteiger charge is -2.21. The van der Waals surface area contributed by atoms with Crippen molar-refractivity contribution in [1.82, 2.24) is 0 Å². The van der Waals surface area contributed by atoms with Gasteiger partial charge in [-0.15, -0.1) is 0 Å². The largest absolute Gasteiger partial charge is 0.385 e. The van der Waals surface area contributed by atoms with E-state index in [-0.39, 0.29) is 0 Å². The highest BCUT2D eigenvalue weighted by Crippen LogP contribution is 2.30. The monoisotopic (exact) mass is 365 g/mol. The molecule has 1 nitrogen and oxygen atoms in total. The van der Waals surface area contributed by atoms with Gasteiger partial charge in [-0.25, -0.2) is 0 Å². The molecule has 2 rings (SSSR count). The number of rotatable bonds is 11. The Morgan fingerprint density at radius 3 is 2.30 bits per heavy atom. The molecule has 2 atom stereocenters. The van der Waals surface area contributed by atoms with Crippen molar-refractivity contribution in [2.75, 3.05) is 11.9 Å². The standard InChI is InChI=1S/C26H39N/c1-6-7-8-9-12-20(2)22(4)17-18-27-26-14-11-10-13-25(26)24-16-15-21(3)23(5)19-24/h10-11,13-16,19-20,22,27H,6-9,12,17-18H2,1-5H3. The number of unbranched alkanes of at least 4 members (excludes halogenated alkanes) is 3. The van der Waals surface area contributed by atoms with Crippen LogP contribution in [0.1, 0.15) is 70.4 Å². The summed E-state index contributed by atoms with van der Waals surface area (Å²) in [5, 5.41) is 3.71. The van der Waals surface area contributed by atoms with Crippen molar-refractivity contribution < 1.29 is 0 Å². The van der Waals surface area contributed by atoms with Crippen LogP contribution in [0.25, 0.3) is 11.1 Å². The third-order valence-electron chi connectivity index (χ3n) is 6.14. The molecule has 27 heavy (non-hydrogen) atoms. The molecule has 1 N–H and O–H groups in total. The average Bonchev–Trinajstić information content (AvgIpc) is 2.67. The van der Waals surface area contributed by atoms with Crippen LogP contribution in [-0.4, -0.2) is 6.54 Å². The van der Waals surface area contributed by atoms with Crippen molar-refractivity contribution in [3.8, 4) is 11.1 Å². The maximum absolute atomic E-state index is 3.71. The average molecular weight is 366 g/mol. The molecule has 2 aromatic carbocycles. The predicted molar refractivity (Wildman–Crippen MR) is 122 cm³/mol. The molecule has 0 heterocycles. The third-order valence-corrected chi connectivity index (χ3v) is 6.14. The number of anilines is 1. The number of hydrogen-bond acceptors (Lipinski definition) is 1. The Bertz CT molecular complexity index is 688. The van der Waals surface area contributed by atoms with E-state index in [1.807, 2.05) is 0 Å². The van der Waals surface area contributed by atoms with Crippen LogP contribution in [0.4, 0.5) is 5.69 Å². The van der Waals surface area contributed by atoms with E-state index in [1.165, 1.54) is 66.5 Å². The van der Waals surface area contributed by atoms with Crippen LogP contribution >= 0.6 is 0 Å². The quantitative estimate of drug-likeness (QED) is 0.397. The van der Waals surface area contributed by atoms with Gasteiger partial charge in [-0.1, -0.05) is 89.3 Å². The van der Waals surface area contributed by atoms with Gasteiger partial charge in [0.1, 0.15) is 0 Å². The van der Waals surface area contributed by atoms with Crippen LogP contribution in [0, 0.1) is 25.7 Å². The molecular formula is C26H39N. The molecule has 1 heteroatoms. The fourth-order valence-corrected chi connectivity index (χ4v) is 3.69. The molecule has 0 saturated carbocycles. The molecule has 0 aliphatic carbocycles. The molecule has 2 unspecified atom stereocenters. The van der Waals surface area contributed by atoms with Gasteiger partial charge >= 0.3 is 0 Å². The summed E-state index contributed by atoms with van der Waals surface area (Å²) < 4.78 is 0. The Balaban J connectivity index is 1.90. The van der Waals surface area contributed by atoms with E-state index >= 15 is 0 Å². The fourth-order valence-electron chi connectivity index (χ4n) is 3.69. The molecule has 0 aromatic heterocycles. The van der Waals surface area contributed by atoms with Crippen LogP contribution in [0.15, 0.2) is 42.5 Å². The van der Waals surface area contributed by atoms with Crippen LogP contribution in [-0.2, 0) is 0 Å². The Labute approximate surface area is 167 Å². The van der Waals surface area contributed by atoms with Gasteiger partial charge in [0.25, 0.3) is 0 Å². The highest BCUT2D eigenvalue weighted by atomic mass is 14.9. The molecule has 0 saturated heterocycles. The second kappa shape index (κ2) is 11.2. The molecule has 0 spiro atoms. The SMILES string of the molecule is CCCCCCC(C)C(C)CCNc1ccccc1-c1ccc(C)c(C)c1. The summed E-state index contributed by atoms with van der Waals surface area (Å²) in [6.45, 7) is 12.5. The lowest BCUT2D eigenvalue weighted by Crippen LogP contribution is -2.13. The van der Waals surface area contributed by atoms with Crippen molar-refractivity contribution >= 4 is 5.69 Å². The Morgan fingerprint density at radius 2 is 1.56 bits per heavy atom. The summed E-state index contributed by atoms with van der Waals surface area (Å²) in [4.78, 5) is 0. The molecule has 0 bridgehead atoms. The van der Waals surface area contributed by atoms with E-state index in [4.69, 9.17) is 0 Å². The van der Waals surface area contributed by atoms with Crippen LogP contribution in [0.3, 0.4) is 0 Å². The number of nitrogens with one attached hydrogen (secondary N) is 1. The van der Waals surface area contributed by atoms with E-state index < -0.39 is 0 Å². The van der Waals surface area contributed by atoms with E-state index in [0.717, 1.165) is 18.4 Å². The lowest BCUT2D eigenvalue weighted by atomic mass is 9.88. The first-order valence-electron chi connectivity index (χ1n) is 10.9. The van der Waals surface area contributed by atoms with Gasteiger partial charge in [-0.05, 0) is 54.9 Å².